The standard InChI is InChI=1S/C20H22O4/c1-3-11-23-18-8-10-20(24-12-4-2)16(14-18)6-5-15-13-17(21)7-9-19(15)22/h5-10,13-14H,3-4,11-12H2,1-2H3/b6-5+. The number of hydrogen-bond acceptors (Lipinski definition) is 4. The topological polar surface area (TPSA) is 52.6 Å². The van der Waals surface area contributed by atoms with Crippen LogP contribution in [0.1, 0.15) is 32.3 Å². The lowest BCUT2D eigenvalue weighted by Gasteiger charge is -2.11. The molecule has 24 heavy (non-hydrogen) atoms. The van der Waals surface area contributed by atoms with E-state index in [2.05, 4.69) is 0 Å². The number of ketones is 2. The molecule has 0 amide bonds. The minimum Gasteiger partial charge on any atom is -0.494 e. The van der Waals surface area contributed by atoms with Gasteiger partial charge in [-0.1, -0.05) is 26.0 Å². The van der Waals surface area contributed by atoms with Crippen LogP contribution in [0.2, 0.25) is 0 Å². The first-order valence-electron chi connectivity index (χ1n) is 8.19. The number of benzene rings is 1. The second kappa shape index (κ2) is 8.87. The third-order valence-corrected chi connectivity index (χ3v) is 3.34. The fourth-order valence-corrected chi connectivity index (χ4v) is 2.15. The fraction of sp³-hybridized carbons (Fsp3) is 0.300. The molecule has 0 atom stereocenters. The molecule has 0 N–H and O–H groups in total. The largest absolute Gasteiger partial charge is 0.494 e. The van der Waals surface area contributed by atoms with Gasteiger partial charge in [-0.15, -0.1) is 0 Å². The van der Waals surface area contributed by atoms with E-state index in [4.69, 9.17) is 9.47 Å². The second-order valence-corrected chi connectivity index (χ2v) is 5.43. The Kier molecular flexibility index (Phi) is 6.55. The molecular formula is C20H22O4. The Labute approximate surface area is 142 Å². The Hall–Kier alpha value is -2.62. The molecule has 0 radical (unpaired) electrons. The third-order valence-electron chi connectivity index (χ3n) is 3.34. The highest BCUT2D eigenvalue weighted by Crippen LogP contribution is 2.26. The number of allylic oxidation sites excluding steroid dienone is 5. The normalized spacial score (nSPS) is 14.2. The Morgan fingerprint density at radius 3 is 2.46 bits per heavy atom. The van der Waals surface area contributed by atoms with Crippen LogP contribution in [0, 0.1) is 0 Å². The molecule has 0 unspecified atom stereocenters. The first kappa shape index (κ1) is 17.7. The molecule has 126 valence electrons. The van der Waals surface area contributed by atoms with Gasteiger partial charge in [-0.25, -0.2) is 0 Å². The minimum absolute atomic E-state index is 0.180. The van der Waals surface area contributed by atoms with Gasteiger partial charge in [0.25, 0.3) is 0 Å². The molecule has 0 spiro atoms. The van der Waals surface area contributed by atoms with Gasteiger partial charge in [0.05, 0.1) is 13.2 Å². The van der Waals surface area contributed by atoms with Crippen LogP contribution in [0.25, 0.3) is 6.08 Å². The van der Waals surface area contributed by atoms with Crippen molar-refractivity contribution in [1.82, 2.24) is 0 Å². The predicted molar refractivity (Wildman–Crippen MR) is 94.3 cm³/mol. The van der Waals surface area contributed by atoms with E-state index in [1.54, 1.807) is 12.2 Å². The van der Waals surface area contributed by atoms with E-state index >= 15 is 0 Å². The lowest BCUT2D eigenvalue weighted by molar-refractivity contribution is -0.114. The van der Waals surface area contributed by atoms with Crippen molar-refractivity contribution in [3.8, 4) is 11.5 Å². The molecule has 1 aliphatic rings. The van der Waals surface area contributed by atoms with Crippen LogP contribution >= 0.6 is 0 Å². The SMILES string of the molecule is CCCOc1ccc(OCCC)c(/C=C/C2=CC(=O)C=CC2=O)c1. The minimum atomic E-state index is -0.184. The van der Waals surface area contributed by atoms with Crippen molar-refractivity contribution < 1.29 is 19.1 Å². The van der Waals surface area contributed by atoms with Gasteiger partial charge < -0.3 is 9.47 Å². The van der Waals surface area contributed by atoms with E-state index in [-0.39, 0.29) is 11.6 Å². The predicted octanol–water partition coefficient (Wildman–Crippen LogP) is 3.91. The maximum atomic E-state index is 11.8. The van der Waals surface area contributed by atoms with Crippen LogP contribution < -0.4 is 9.47 Å². The summed E-state index contributed by atoms with van der Waals surface area (Å²) in [5.74, 6) is 1.11. The maximum absolute atomic E-state index is 11.8. The zero-order chi connectivity index (χ0) is 17.4. The lowest BCUT2D eigenvalue weighted by Crippen LogP contribution is -2.05. The Morgan fingerprint density at radius 1 is 0.958 bits per heavy atom. The molecule has 0 saturated carbocycles. The van der Waals surface area contributed by atoms with E-state index in [9.17, 15) is 9.59 Å². The van der Waals surface area contributed by atoms with E-state index in [0.717, 1.165) is 29.9 Å². The zero-order valence-electron chi connectivity index (χ0n) is 14.1. The molecule has 4 nitrogen and oxygen atoms in total. The molecule has 0 aliphatic heterocycles. The smallest absolute Gasteiger partial charge is 0.186 e. The first-order chi connectivity index (χ1) is 11.6. The molecule has 1 aliphatic carbocycles. The molecule has 0 saturated heterocycles. The molecule has 4 heteroatoms. The van der Waals surface area contributed by atoms with Gasteiger partial charge in [0.1, 0.15) is 11.5 Å². The molecule has 2 rings (SSSR count). The highest BCUT2D eigenvalue weighted by atomic mass is 16.5. The van der Waals surface area contributed by atoms with Crippen molar-refractivity contribution in [2.75, 3.05) is 13.2 Å². The number of carbonyl (C=O) groups is 2. The summed E-state index contributed by atoms with van der Waals surface area (Å²) in [6.45, 7) is 5.34. The van der Waals surface area contributed by atoms with Crippen LogP contribution in [-0.4, -0.2) is 24.8 Å². The summed E-state index contributed by atoms with van der Waals surface area (Å²) in [4.78, 5) is 23.2. The molecule has 0 heterocycles. The molecular weight excluding hydrogens is 304 g/mol. The zero-order valence-corrected chi connectivity index (χ0v) is 14.1. The van der Waals surface area contributed by atoms with E-state index in [1.807, 2.05) is 32.0 Å². The van der Waals surface area contributed by atoms with Crippen LogP contribution in [-0.2, 0) is 9.59 Å². The van der Waals surface area contributed by atoms with Gasteiger partial charge >= 0.3 is 0 Å². The molecule has 0 bridgehead atoms. The third kappa shape index (κ3) is 4.95. The number of carbonyl (C=O) groups excluding carboxylic acids is 2. The van der Waals surface area contributed by atoms with Crippen LogP contribution in [0.4, 0.5) is 0 Å². The Bertz CT molecular complexity index is 696. The van der Waals surface area contributed by atoms with Crippen LogP contribution in [0.15, 0.2) is 48.1 Å². The quantitative estimate of drug-likeness (QED) is 0.680. The van der Waals surface area contributed by atoms with Crippen molar-refractivity contribution in [3.63, 3.8) is 0 Å². The Morgan fingerprint density at radius 2 is 1.71 bits per heavy atom. The van der Waals surface area contributed by atoms with E-state index in [0.29, 0.717) is 18.8 Å². The summed E-state index contributed by atoms with van der Waals surface area (Å²) in [5.41, 5.74) is 1.18. The van der Waals surface area contributed by atoms with Crippen LogP contribution in [0.5, 0.6) is 11.5 Å². The molecule has 0 aromatic heterocycles. The summed E-state index contributed by atoms with van der Waals surface area (Å²) in [7, 11) is 0. The summed E-state index contributed by atoms with van der Waals surface area (Å²) in [6.07, 6.45) is 9.14. The summed E-state index contributed by atoms with van der Waals surface area (Å²) in [6, 6.07) is 5.61. The van der Waals surface area contributed by atoms with E-state index in [1.165, 1.54) is 18.2 Å². The van der Waals surface area contributed by atoms with Crippen molar-refractivity contribution in [2.24, 2.45) is 0 Å². The van der Waals surface area contributed by atoms with Crippen molar-refractivity contribution in [2.45, 2.75) is 26.7 Å². The molecule has 1 aromatic rings. The number of ether oxygens (including phenoxy) is 2. The highest BCUT2D eigenvalue weighted by molar-refractivity contribution is 6.18. The monoisotopic (exact) mass is 326 g/mol. The van der Waals surface area contributed by atoms with Gasteiger partial charge in [0.15, 0.2) is 11.6 Å². The molecule has 1 aromatic carbocycles. The average Bonchev–Trinajstić information content (AvgIpc) is 2.59. The fourth-order valence-electron chi connectivity index (χ4n) is 2.15. The van der Waals surface area contributed by atoms with Gasteiger partial charge in [-0.3, -0.25) is 9.59 Å². The first-order valence-corrected chi connectivity index (χ1v) is 8.19. The summed E-state index contributed by atoms with van der Waals surface area (Å²) < 4.78 is 11.4. The average molecular weight is 326 g/mol. The summed E-state index contributed by atoms with van der Waals surface area (Å²) in [5, 5.41) is 0. The number of hydrogen-bond donors (Lipinski definition) is 0. The van der Waals surface area contributed by atoms with Crippen molar-refractivity contribution in [3.05, 3.63) is 53.6 Å². The van der Waals surface area contributed by atoms with E-state index < -0.39 is 0 Å². The lowest BCUT2D eigenvalue weighted by atomic mass is 10.0. The molecule has 0 fully saturated rings. The maximum Gasteiger partial charge on any atom is 0.186 e. The van der Waals surface area contributed by atoms with Gasteiger partial charge in [0, 0.05) is 11.1 Å². The second-order valence-electron chi connectivity index (χ2n) is 5.43. The number of rotatable bonds is 8. The van der Waals surface area contributed by atoms with Gasteiger partial charge in [0.2, 0.25) is 0 Å². The van der Waals surface area contributed by atoms with Crippen molar-refractivity contribution >= 4 is 17.6 Å². The van der Waals surface area contributed by atoms with Gasteiger partial charge in [-0.05, 0) is 49.3 Å². The summed E-state index contributed by atoms with van der Waals surface area (Å²) >= 11 is 0. The van der Waals surface area contributed by atoms with Gasteiger partial charge in [-0.2, -0.15) is 0 Å². The van der Waals surface area contributed by atoms with Crippen LogP contribution in [0.3, 0.4) is 0 Å². The Balaban J connectivity index is 2.25. The highest BCUT2D eigenvalue weighted by Gasteiger charge is 2.11. The van der Waals surface area contributed by atoms with Crippen molar-refractivity contribution in [1.29, 1.82) is 0 Å².